The molecule has 4 nitrogen and oxygen atoms in total. The summed E-state index contributed by atoms with van der Waals surface area (Å²) in [7, 11) is 0. The SMILES string of the molecule is NCCOCCCNc1ncccc1Cl. The van der Waals surface area contributed by atoms with Gasteiger partial charge in [0, 0.05) is 25.9 Å². The molecule has 1 aromatic heterocycles. The molecule has 0 fully saturated rings. The first kappa shape index (κ1) is 12.2. The number of aromatic nitrogens is 1. The van der Waals surface area contributed by atoms with E-state index < -0.39 is 0 Å². The number of hydrogen-bond acceptors (Lipinski definition) is 4. The average Bonchev–Trinajstić information content (AvgIpc) is 2.25. The average molecular weight is 230 g/mol. The third-order valence-electron chi connectivity index (χ3n) is 1.78. The Balaban J connectivity index is 2.12. The molecule has 0 unspecified atom stereocenters. The van der Waals surface area contributed by atoms with Crippen LogP contribution in [0.25, 0.3) is 0 Å². The Bertz CT molecular complexity index is 283. The normalized spacial score (nSPS) is 10.3. The van der Waals surface area contributed by atoms with Crippen molar-refractivity contribution in [1.29, 1.82) is 0 Å². The van der Waals surface area contributed by atoms with Gasteiger partial charge in [0.1, 0.15) is 5.82 Å². The highest BCUT2D eigenvalue weighted by Crippen LogP contribution is 2.16. The second kappa shape index (κ2) is 7.45. The number of hydrogen-bond donors (Lipinski definition) is 2. The van der Waals surface area contributed by atoms with Gasteiger partial charge < -0.3 is 15.8 Å². The molecule has 0 radical (unpaired) electrons. The molecule has 0 bridgehead atoms. The molecule has 0 aliphatic heterocycles. The number of halogens is 1. The number of rotatable bonds is 7. The lowest BCUT2D eigenvalue weighted by Gasteiger charge is -2.06. The number of pyridine rings is 1. The van der Waals surface area contributed by atoms with Gasteiger partial charge in [-0.25, -0.2) is 4.98 Å². The van der Waals surface area contributed by atoms with Gasteiger partial charge in [-0.05, 0) is 18.6 Å². The topological polar surface area (TPSA) is 60.2 Å². The van der Waals surface area contributed by atoms with Gasteiger partial charge in [0.05, 0.1) is 11.6 Å². The van der Waals surface area contributed by atoms with Gasteiger partial charge in [-0.1, -0.05) is 11.6 Å². The molecule has 84 valence electrons. The highest BCUT2D eigenvalue weighted by molar-refractivity contribution is 6.32. The molecule has 5 heteroatoms. The highest BCUT2D eigenvalue weighted by atomic mass is 35.5. The molecule has 3 N–H and O–H groups in total. The number of ether oxygens (including phenoxy) is 1. The van der Waals surface area contributed by atoms with Gasteiger partial charge in [-0.2, -0.15) is 0 Å². The van der Waals surface area contributed by atoms with Gasteiger partial charge in [0.15, 0.2) is 0 Å². The fourth-order valence-corrected chi connectivity index (χ4v) is 1.27. The number of nitrogens with two attached hydrogens (primary N) is 1. The predicted octanol–water partition coefficient (Wildman–Crippen LogP) is 1.51. The van der Waals surface area contributed by atoms with E-state index >= 15 is 0 Å². The Hall–Kier alpha value is -0.840. The minimum Gasteiger partial charge on any atom is -0.380 e. The lowest BCUT2D eigenvalue weighted by Crippen LogP contribution is -2.11. The van der Waals surface area contributed by atoms with Crippen molar-refractivity contribution in [3.05, 3.63) is 23.4 Å². The summed E-state index contributed by atoms with van der Waals surface area (Å²) in [6.07, 6.45) is 2.62. The number of nitrogens with one attached hydrogen (secondary N) is 1. The van der Waals surface area contributed by atoms with E-state index in [9.17, 15) is 0 Å². The van der Waals surface area contributed by atoms with E-state index in [1.54, 1.807) is 12.3 Å². The van der Waals surface area contributed by atoms with Crippen molar-refractivity contribution >= 4 is 17.4 Å². The standard InChI is InChI=1S/C10H16ClN3O/c11-9-3-1-5-13-10(9)14-6-2-7-15-8-4-12/h1,3,5H,2,4,6-8,12H2,(H,13,14). The van der Waals surface area contributed by atoms with Crippen LogP contribution in [0.5, 0.6) is 0 Å². The predicted molar refractivity (Wildman–Crippen MR) is 62.2 cm³/mol. The van der Waals surface area contributed by atoms with Crippen molar-refractivity contribution in [2.24, 2.45) is 5.73 Å². The molecule has 0 aromatic carbocycles. The molecule has 0 saturated heterocycles. The van der Waals surface area contributed by atoms with E-state index in [0.29, 0.717) is 24.8 Å². The number of nitrogens with zero attached hydrogens (tertiary/aromatic N) is 1. The molecule has 1 rings (SSSR count). The van der Waals surface area contributed by atoms with E-state index in [-0.39, 0.29) is 0 Å². The van der Waals surface area contributed by atoms with Crippen LogP contribution >= 0.6 is 11.6 Å². The Morgan fingerprint density at radius 3 is 3.07 bits per heavy atom. The Labute approximate surface area is 94.8 Å². The summed E-state index contributed by atoms with van der Waals surface area (Å²) >= 11 is 5.91. The van der Waals surface area contributed by atoms with Crippen LogP contribution < -0.4 is 11.1 Å². The molecule has 0 atom stereocenters. The second-order valence-electron chi connectivity index (χ2n) is 3.02. The molecule has 0 amide bonds. The number of anilines is 1. The highest BCUT2D eigenvalue weighted by Gasteiger charge is 1.98. The van der Waals surface area contributed by atoms with Crippen LogP contribution in [0.3, 0.4) is 0 Å². The van der Waals surface area contributed by atoms with Crippen molar-refractivity contribution < 1.29 is 4.74 Å². The summed E-state index contributed by atoms with van der Waals surface area (Å²) in [5.41, 5.74) is 5.29. The Morgan fingerprint density at radius 2 is 2.33 bits per heavy atom. The van der Waals surface area contributed by atoms with Crippen LogP contribution in [0.4, 0.5) is 5.82 Å². The third-order valence-corrected chi connectivity index (χ3v) is 2.08. The lowest BCUT2D eigenvalue weighted by molar-refractivity contribution is 0.141. The summed E-state index contributed by atoms with van der Waals surface area (Å²) < 4.78 is 5.23. The van der Waals surface area contributed by atoms with E-state index in [2.05, 4.69) is 10.3 Å². The van der Waals surface area contributed by atoms with Gasteiger partial charge in [-0.3, -0.25) is 0 Å². The molecule has 0 aliphatic rings. The summed E-state index contributed by atoms with van der Waals surface area (Å²) in [6.45, 7) is 2.68. The van der Waals surface area contributed by atoms with E-state index in [4.69, 9.17) is 22.1 Å². The third kappa shape index (κ3) is 4.97. The first-order valence-corrected chi connectivity index (χ1v) is 5.34. The van der Waals surface area contributed by atoms with Crippen LogP contribution in [0.15, 0.2) is 18.3 Å². The van der Waals surface area contributed by atoms with Crippen molar-refractivity contribution in [1.82, 2.24) is 4.98 Å². The first-order valence-electron chi connectivity index (χ1n) is 4.97. The summed E-state index contributed by atoms with van der Waals surface area (Å²) in [4.78, 5) is 4.11. The maximum Gasteiger partial charge on any atom is 0.144 e. The molecule has 0 spiro atoms. The van der Waals surface area contributed by atoms with Crippen LogP contribution in [0.2, 0.25) is 5.02 Å². The van der Waals surface area contributed by atoms with Crippen LogP contribution in [0, 0.1) is 0 Å². The van der Waals surface area contributed by atoms with E-state index in [0.717, 1.165) is 18.8 Å². The smallest absolute Gasteiger partial charge is 0.144 e. The van der Waals surface area contributed by atoms with Crippen molar-refractivity contribution in [3.63, 3.8) is 0 Å². The zero-order valence-corrected chi connectivity index (χ0v) is 9.33. The molecule has 0 saturated carbocycles. The summed E-state index contributed by atoms with van der Waals surface area (Å²) in [5, 5.41) is 3.77. The van der Waals surface area contributed by atoms with Crippen LogP contribution in [0.1, 0.15) is 6.42 Å². The zero-order chi connectivity index (χ0) is 10.9. The van der Waals surface area contributed by atoms with Gasteiger partial charge in [0.2, 0.25) is 0 Å². The molecule has 0 aliphatic carbocycles. The van der Waals surface area contributed by atoms with E-state index in [1.165, 1.54) is 0 Å². The quantitative estimate of drug-likeness (QED) is 0.696. The molecular weight excluding hydrogens is 214 g/mol. The monoisotopic (exact) mass is 229 g/mol. The second-order valence-corrected chi connectivity index (χ2v) is 3.42. The summed E-state index contributed by atoms with van der Waals surface area (Å²) in [5.74, 6) is 0.720. The first-order chi connectivity index (χ1) is 7.34. The largest absolute Gasteiger partial charge is 0.380 e. The van der Waals surface area contributed by atoms with Gasteiger partial charge in [0.25, 0.3) is 0 Å². The zero-order valence-electron chi connectivity index (χ0n) is 8.58. The van der Waals surface area contributed by atoms with E-state index in [1.807, 2.05) is 6.07 Å². The van der Waals surface area contributed by atoms with Crippen molar-refractivity contribution in [2.45, 2.75) is 6.42 Å². The summed E-state index contributed by atoms with van der Waals surface area (Å²) in [6, 6.07) is 3.61. The van der Waals surface area contributed by atoms with Gasteiger partial charge >= 0.3 is 0 Å². The Morgan fingerprint density at radius 1 is 1.47 bits per heavy atom. The lowest BCUT2D eigenvalue weighted by atomic mass is 10.4. The van der Waals surface area contributed by atoms with Gasteiger partial charge in [-0.15, -0.1) is 0 Å². The molecular formula is C10H16ClN3O. The molecule has 1 aromatic rings. The fraction of sp³-hybridized carbons (Fsp3) is 0.500. The van der Waals surface area contributed by atoms with Crippen molar-refractivity contribution in [3.8, 4) is 0 Å². The fourth-order valence-electron chi connectivity index (χ4n) is 1.08. The molecule has 15 heavy (non-hydrogen) atoms. The molecule has 1 heterocycles. The van der Waals surface area contributed by atoms with Crippen LogP contribution in [-0.4, -0.2) is 31.3 Å². The minimum absolute atomic E-state index is 0.569. The minimum atomic E-state index is 0.569. The maximum atomic E-state index is 5.91. The Kier molecular flexibility index (Phi) is 6.08. The van der Waals surface area contributed by atoms with Crippen LogP contribution in [-0.2, 0) is 4.74 Å². The van der Waals surface area contributed by atoms with Crippen molar-refractivity contribution in [2.75, 3.05) is 31.6 Å². The maximum absolute atomic E-state index is 5.91.